The molecule has 1 heterocycles. The topological polar surface area (TPSA) is 53.2 Å². The van der Waals surface area contributed by atoms with Crippen LogP contribution in [0.15, 0.2) is 28.7 Å². The van der Waals surface area contributed by atoms with Crippen LogP contribution in [0, 0.1) is 0 Å². The number of amides is 2. The summed E-state index contributed by atoms with van der Waals surface area (Å²) in [7, 11) is 0. The maximum absolute atomic E-state index is 11.6. The summed E-state index contributed by atoms with van der Waals surface area (Å²) in [5.74, 6) is 0. The van der Waals surface area contributed by atoms with E-state index in [0.29, 0.717) is 6.54 Å². The molecule has 0 radical (unpaired) electrons. The molecular formula is C12H16BrN3O. The Morgan fingerprint density at radius 3 is 3.12 bits per heavy atom. The van der Waals surface area contributed by atoms with E-state index in [1.54, 1.807) is 0 Å². The summed E-state index contributed by atoms with van der Waals surface area (Å²) >= 11 is 3.40. The van der Waals surface area contributed by atoms with E-state index in [2.05, 4.69) is 31.9 Å². The van der Waals surface area contributed by atoms with Gasteiger partial charge in [0.05, 0.1) is 0 Å². The van der Waals surface area contributed by atoms with Gasteiger partial charge in [0.2, 0.25) is 0 Å². The number of urea groups is 1. The first-order valence-electron chi connectivity index (χ1n) is 5.73. The largest absolute Gasteiger partial charge is 0.334 e. The third-order valence-electron chi connectivity index (χ3n) is 2.74. The van der Waals surface area contributed by atoms with Gasteiger partial charge < -0.3 is 16.0 Å². The molecule has 1 aromatic rings. The molecule has 1 aliphatic heterocycles. The van der Waals surface area contributed by atoms with Crippen molar-refractivity contribution in [3.63, 3.8) is 0 Å². The summed E-state index contributed by atoms with van der Waals surface area (Å²) in [5.41, 5.74) is 1.08. The molecule has 4 nitrogen and oxygen atoms in total. The van der Waals surface area contributed by atoms with Crippen LogP contribution in [-0.2, 0) is 6.54 Å². The normalized spacial score (nSPS) is 19.0. The molecule has 2 rings (SSSR count). The lowest BCUT2D eigenvalue weighted by Gasteiger charge is -2.12. The van der Waals surface area contributed by atoms with E-state index in [9.17, 15) is 4.79 Å². The minimum Gasteiger partial charge on any atom is -0.334 e. The van der Waals surface area contributed by atoms with Crippen molar-refractivity contribution in [3.8, 4) is 0 Å². The smallest absolute Gasteiger partial charge is 0.315 e. The van der Waals surface area contributed by atoms with Gasteiger partial charge in [-0.15, -0.1) is 0 Å². The number of hydrogen-bond donors (Lipinski definition) is 3. The summed E-state index contributed by atoms with van der Waals surface area (Å²) in [4.78, 5) is 11.6. The molecule has 1 aliphatic rings. The molecule has 1 saturated heterocycles. The molecule has 3 N–H and O–H groups in total. The SMILES string of the molecule is O=C(NCc1cccc(Br)c1)NC1CCNC1. The quantitative estimate of drug-likeness (QED) is 0.794. The van der Waals surface area contributed by atoms with Gasteiger partial charge in [0, 0.05) is 23.6 Å². The Hall–Kier alpha value is -1.07. The second-order valence-corrected chi connectivity index (χ2v) is 5.06. The predicted octanol–water partition coefficient (Wildman–Crippen LogP) is 1.61. The van der Waals surface area contributed by atoms with Gasteiger partial charge in [-0.1, -0.05) is 28.1 Å². The van der Waals surface area contributed by atoms with Crippen molar-refractivity contribution in [2.75, 3.05) is 13.1 Å². The number of carbonyl (C=O) groups is 1. The summed E-state index contributed by atoms with van der Waals surface area (Å²) in [6.45, 7) is 2.40. The highest BCUT2D eigenvalue weighted by Crippen LogP contribution is 2.11. The Bertz CT molecular complexity index is 391. The maximum atomic E-state index is 11.6. The second-order valence-electron chi connectivity index (χ2n) is 4.15. The van der Waals surface area contributed by atoms with Crippen LogP contribution in [0.25, 0.3) is 0 Å². The molecule has 1 unspecified atom stereocenters. The minimum atomic E-state index is -0.0984. The standard InChI is InChI=1S/C12H16BrN3O/c13-10-3-1-2-9(6-10)7-15-12(17)16-11-4-5-14-8-11/h1-3,6,11,14H,4-5,7-8H2,(H2,15,16,17). The molecular weight excluding hydrogens is 282 g/mol. The molecule has 0 aliphatic carbocycles. The van der Waals surface area contributed by atoms with Crippen LogP contribution in [0.3, 0.4) is 0 Å². The molecule has 1 aromatic carbocycles. The maximum Gasteiger partial charge on any atom is 0.315 e. The average Bonchev–Trinajstić information content (AvgIpc) is 2.79. The second kappa shape index (κ2) is 6.02. The summed E-state index contributed by atoms with van der Waals surface area (Å²) in [6, 6.07) is 8.07. The zero-order valence-corrected chi connectivity index (χ0v) is 11.1. The third-order valence-corrected chi connectivity index (χ3v) is 3.23. The Morgan fingerprint density at radius 2 is 2.41 bits per heavy atom. The summed E-state index contributed by atoms with van der Waals surface area (Å²) in [5, 5.41) is 9.00. The molecule has 1 atom stereocenters. The lowest BCUT2D eigenvalue weighted by molar-refractivity contribution is 0.237. The Balaban J connectivity index is 1.75. The van der Waals surface area contributed by atoms with Crippen molar-refractivity contribution in [1.82, 2.24) is 16.0 Å². The fourth-order valence-electron chi connectivity index (χ4n) is 1.84. The first-order valence-corrected chi connectivity index (χ1v) is 6.53. The Morgan fingerprint density at radius 1 is 1.53 bits per heavy atom. The van der Waals surface area contributed by atoms with Crippen molar-refractivity contribution in [2.45, 2.75) is 19.0 Å². The van der Waals surface area contributed by atoms with E-state index in [1.165, 1.54) is 0 Å². The Kier molecular flexibility index (Phi) is 4.39. The van der Waals surface area contributed by atoms with Gasteiger partial charge in [0.25, 0.3) is 0 Å². The van der Waals surface area contributed by atoms with Crippen LogP contribution in [0.4, 0.5) is 4.79 Å². The lowest BCUT2D eigenvalue weighted by Crippen LogP contribution is -2.42. The highest BCUT2D eigenvalue weighted by molar-refractivity contribution is 9.10. The molecule has 5 heteroatoms. The van der Waals surface area contributed by atoms with Gasteiger partial charge in [-0.25, -0.2) is 4.79 Å². The fourth-order valence-corrected chi connectivity index (χ4v) is 2.29. The van der Waals surface area contributed by atoms with Gasteiger partial charge in [-0.05, 0) is 30.7 Å². The molecule has 17 heavy (non-hydrogen) atoms. The molecule has 0 spiro atoms. The van der Waals surface area contributed by atoms with Crippen LogP contribution >= 0.6 is 15.9 Å². The highest BCUT2D eigenvalue weighted by Gasteiger charge is 2.15. The zero-order chi connectivity index (χ0) is 12.1. The first-order chi connectivity index (χ1) is 8.24. The molecule has 0 saturated carbocycles. The zero-order valence-electron chi connectivity index (χ0n) is 9.50. The van der Waals surface area contributed by atoms with Crippen LogP contribution in [0.5, 0.6) is 0 Å². The van der Waals surface area contributed by atoms with Crippen LogP contribution in [0.2, 0.25) is 0 Å². The number of nitrogens with one attached hydrogen (secondary N) is 3. The number of halogens is 1. The number of hydrogen-bond acceptors (Lipinski definition) is 2. The molecule has 0 aromatic heterocycles. The van der Waals surface area contributed by atoms with Crippen molar-refractivity contribution >= 4 is 22.0 Å². The van der Waals surface area contributed by atoms with E-state index in [-0.39, 0.29) is 12.1 Å². The van der Waals surface area contributed by atoms with Gasteiger partial charge >= 0.3 is 6.03 Å². The van der Waals surface area contributed by atoms with Crippen molar-refractivity contribution in [2.24, 2.45) is 0 Å². The lowest BCUT2D eigenvalue weighted by atomic mass is 10.2. The van der Waals surface area contributed by atoms with E-state index < -0.39 is 0 Å². The Labute approximate surface area is 109 Å². The first kappa shape index (κ1) is 12.4. The predicted molar refractivity (Wildman–Crippen MR) is 70.8 cm³/mol. The number of carbonyl (C=O) groups excluding carboxylic acids is 1. The van der Waals surface area contributed by atoms with E-state index in [1.807, 2.05) is 24.3 Å². The monoisotopic (exact) mass is 297 g/mol. The number of benzene rings is 1. The van der Waals surface area contributed by atoms with E-state index >= 15 is 0 Å². The van der Waals surface area contributed by atoms with E-state index in [4.69, 9.17) is 0 Å². The fraction of sp³-hybridized carbons (Fsp3) is 0.417. The summed E-state index contributed by atoms with van der Waals surface area (Å²) < 4.78 is 1.03. The van der Waals surface area contributed by atoms with Gasteiger partial charge in [-0.3, -0.25) is 0 Å². The van der Waals surface area contributed by atoms with Crippen LogP contribution < -0.4 is 16.0 Å². The molecule has 92 valence electrons. The minimum absolute atomic E-state index is 0.0984. The van der Waals surface area contributed by atoms with E-state index in [0.717, 1.165) is 29.5 Å². The van der Waals surface area contributed by atoms with Crippen molar-refractivity contribution in [1.29, 1.82) is 0 Å². The van der Waals surface area contributed by atoms with Gasteiger partial charge in [0.15, 0.2) is 0 Å². The molecule has 1 fully saturated rings. The van der Waals surface area contributed by atoms with Crippen molar-refractivity contribution in [3.05, 3.63) is 34.3 Å². The molecule has 0 bridgehead atoms. The third kappa shape index (κ3) is 4.02. The number of rotatable bonds is 3. The average molecular weight is 298 g/mol. The van der Waals surface area contributed by atoms with Gasteiger partial charge in [0.1, 0.15) is 0 Å². The van der Waals surface area contributed by atoms with Crippen LogP contribution in [-0.4, -0.2) is 25.2 Å². The van der Waals surface area contributed by atoms with Crippen LogP contribution in [0.1, 0.15) is 12.0 Å². The highest BCUT2D eigenvalue weighted by atomic mass is 79.9. The van der Waals surface area contributed by atoms with Gasteiger partial charge in [-0.2, -0.15) is 0 Å². The molecule has 2 amide bonds. The summed E-state index contributed by atoms with van der Waals surface area (Å²) in [6.07, 6.45) is 1.00. The van der Waals surface area contributed by atoms with Crippen molar-refractivity contribution < 1.29 is 4.79 Å².